The van der Waals surface area contributed by atoms with Crippen molar-refractivity contribution in [3.05, 3.63) is 23.3 Å². The number of hydrogen-bond donors (Lipinski definition) is 0. The first-order valence-electron chi connectivity index (χ1n) is 5.64. The molecule has 2 rings (SSSR count). The Morgan fingerprint density at radius 2 is 1.87 bits per heavy atom. The molecule has 1 aromatic carbocycles. The first-order valence-corrected chi connectivity index (χ1v) is 5.64. The number of fused-ring (bicyclic) bond motifs is 1. The standard InChI is InChI=1S/C13H18O2/c1-4-5-10-6-12-13(15-8-14-12)7-11(10)9(2)3/h6-7,9H,4-5,8H2,1-3H3. The van der Waals surface area contributed by atoms with E-state index in [0.717, 1.165) is 17.9 Å². The van der Waals surface area contributed by atoms with Crippen LogP contribution in [0.5, 0.6) is 11.5 Å². The molecule has 0 atom stereocenters. The van der Waals surface area contributed by atoms with Gasteiger partial charge in [-0.2, -0.15) is 0 Å². The minimum absolute atomic E-state index is 0.364. The van der Waals surface area contributed by atoms with Gasteiger partial charge in [0.15, 0.2) is 11.5 Å². The zero-order valence-corrected chi connectivity index (χ0v) is 9.67. The van der Waals surface area contributed by atoms with Crippen LogP contribution in [0.15, 0.2) is 12.1 Å². The molecule has 0 N–H and O–H groups in total. The third-order valence-electron chi connectivity index (χ3n) is 2.78. The second-order valence-electron chi connectivity index (χ2n) is 4.31. The number of aryl methyl sites for hydroxylation is 1. The molecule has 1 aromatic rings. The first-order chi connectivity index (χ1) is 7.22. The highest BCUT2D eigenvalue weighted by molar-refractivity contribution is 5.49. The van der Waals surface area contributed by atoms with Gasteiger partial charge in [0.25, 0.3) is 0 Å². The van der Waals surface area contributed by atoms with Gasteiger partial charge < -0.3 is 9.47 Å². The number of benzene rings is 1. The summed E-state index contributed by atoms with van der Waals surface area (Å²) in [7, 11) is 0. The average Bonchev–Trinajstić information content (AvgIpc) is 2.63. The van der Waals surface area contributed by atoms with Gasteiger partial charge in [0, 0.05) is 0 Å². The molecule has 1 aliphatic heterocycles. The minimum atomic E-state index is 0.364. The molecule has 2 nitrogen and oxygen atoms in total. The maximum atomic E-state index is 5.40. The molecule has 0 aliphatic carbocycles. The quantitative estimate of drug-likeness (QED) is 0.753. The molecule has 1 heterocycles. The predicted molar refractivity (Wildman–Crippen MR) is 60.6 cm³/mol. The van der Waals surface area contributed by atoms with Crippen LogP contribution in [0.3, 0.4) is 0 Å². The molecule has 0 radical (unpaired) electrons. The third-order valence-corrected chi connectivity index (χ3v) is 2.78. The van der Waals surface area contributed by atoms with Gasteiger partial charge in [-0.05, 0) is 35.6 Å². The fourth-order valence-corrected chi connectivity index (χ4v) is 2.02. The highest BCUT2D eigenvalue weighted by atomic mass is 16.7. The Kier molecular flexibility index (Phi) is 2.85. The van der Waals surface area contributed by atoms with E-state index in [2.05, 4.69) is 32.9 Å². The molecule has 0 saturated carbocycles. The molecule has 0 aromatic heterocycles. The van der Waals surface area contributed by atoms with E-state index in [1.54, 1.807) is 0 Å². The monoisotopic (exact) mass is 206 g/mol. The number of ether oxygens (including phenoxy) is 2. The topological polar surface area (TPSA) is 18.5 Å². The van der Waals surface area contributed by atoms with Crippen molar-refractivity contribution in [2.45, 2.75) is 39.5 Å². The molecule has 0 bridgehead atoms. The van der Waals surface area contributed by atoms with Crippen LogP contribution >= 0.6 is 0 Å². The van der Waals surface area contributed by atoms with Crippen LogP contribution in [0.1, 0.15) is 44.2 Å². The van der Waals surface area contributed by atoms with Gasteiger partial charge in [-0.1, -0.05) is 27.2 Å². The van der Waals surface area contributed by atoms with Crippen LogP contribution in [-0.4, -0.2) is 6.79 Å². The molecule has 0 unspecified atom stereocenters. The van der Waals surface area contributed by atoms with Crippen molar-refractivity contribution in [3.63, 3.8) is 0 Å². The number of hydrogen-bond acceptors (Lipinski definition) is 2. The van der Waals surface area contributed by atoms with Gasteiger partial charge >= 0.3 is 0 Å². The SMILES string of the molecule is CCCc1cc2c(cc1C(C)C)OCO2. The van der Waals surface area contributed by atoms with Crippen LogP contribution in [0.25, 0.3) is 0 Å². The summed E-state index contributed by atoms with van der Waals surface area (Å²) in [4.78, 5) is 0. The Morgan fingerprint density at radius 1 is 1.20 bits per heavy atom. The summed E-state index contributed by atoms with van der Waals surface area (Å²) >= 11 is 0. The van der Waals surface area contributed by atoms with Gasteiger partial charge in [-0.15, -0.1) is 0 Å². The fourth-order valence-electron chi connectivity index (χ4n) is 2.02. The molecule has 1 aliphatic rings. The van der Waals surface area contributed by atoms with Gasteiger partial charge in [0.2, 0.25) is 6.79 Å². The van der Waals surface area contributed by atoms with Crippen molar-refractivity contribution in [1.29, 1.82) is 0 Å². The van der Waals surface area contributed by atoms with E-state index in [1.807, 2.05) is 0 Å². The largest absolute Gasteiger partial charge is 0.454 e. The Labute approximate surface area is 91.2 Å². The molecule has 15 heavy (non-hydrogen) atoms. The van der Waals surface area contributed by atoms with Crippen molar-refractivity contribution in [2.75, 3.05) is 6.79 Å². The van der Waals surface area contributed by atoms with E-state index in [1.165, 1.54) is 17.5 Å². The summed E-state index contributed by atoms with van der Waals surface area (Å²) in [6.45, 7) is 7.00. The van der Waals surface area contributed by atoms with Crippen molar-refractivity contribution >= 4 is 0 Å². The van der Waals surface area contributed by atoms with E-state index in [9.17, 15) is 0 Å². The molecule has 0 spiro atoms. The molecule has 0 amide bonds. The fraction of sp³-hybridized carbons (Fsp3) is 0.538. The van der Waals surface area contributed by atoms with Crippen molar-refractivity contribution in [1.82, 2.24) is 0 Å². The average molecular weight is 206 g/mol. The van der Waals surface area contributed by atoms with E-state index < -0.39 is 0 Å². The van der Waals surface area contributed by atoms with E-state index in [0.29, 0.717) is 12.7 Å². The lowest BCUT2D eigenvalue weighted by Crippen LogP contribution is -1.96. The molecule has 0 saturated heterocycles. The number of rotatable bonds is 3. The molecule has 82 valence electrons. The maximum Gasteiger partial charge on any atom is 0.231 e. The van der Waals surface area contributed by atoms with Crippen LogP contribution in [0.2, 0.25) is 0 Å². The Balaban J connectivity index is 2.42. The van der Waals surface area contributed by atoms with Gasteiger partial charge in [-0.3, -0.25) is 0 Å². The molecule has 0 fully saturated rings. The summed E-state index contributed by atoms with van der Waals surface area (Å²) in [5.41, 5.74) is 2.79. The van der Waals surface area contributed by atoms with Crippen LogP contribution in [0, 0.1) is 0 Å². The highest BCUT2D eigenvalue weighted by Gasteiger charge is 2.17. The normalized spacial score (nSPS) is 13.6. The first kappa shape index (κ1) is 10.3. The molecular weight excluding hydrogens is 188 g/mol. The van der Waals surface area contributed by atoms with Crippen LogP contribution in [-0.2, 0) is 6.42 Å². The van der Waals surface area contributed by atoms with E-state index in [4.69, 9.17) is 9.47 Å². The van der Waals surface area contributed by atoms with Crippen LogP contribution in [0.4, 0.5) is 0 Å². The Hall–Kier alpha value is -1.18. The van der Waals surface area contributed by atoms with E-state index in [-0.39, 0.29) is 0 Å². The Morgan fingerprint density at radius 3 is 2.47 bits per heavy atom. The minimum Gasteiger partial charge on any atom is -0.454 e. The summed E-state index contributed by atoms with van der Waals surface area (Å²) in [6.07, 6.45) is 2.28. The summed E-state index contributed by atoms with van der Waals surface area (Å²) < 4.78 is 10.8. The second-order valence-corrected chi connectivity index (χ2v) is 4.31. The molecular formula is C13H18O2. The highest BCUT2D eigenvalue weighted by Crippen LogP contribution is 2.37. The summed E-state index contributed by atoms with van der Waals surface area (Å²) in [5.74, 6) is 2.35. The summed E-state index contributed by atoms with van der Waals surface area (Å²) in [6, 6.07) is 4.28. The zero-order valence-electron chi connectivity index (χ0n) is 9.67. The molecule has 2 heteroatoms. The van der Waals surface area contributed by atoms with Crippen molar-refractivity contribution < 1.29 is 9.47 Å². The lowest BCUT2D eigenvalue weighted by atomic mass is 9.94. The smallest absolute Gasteiger partial charge is 0.231 e. The van der Waals surface area contributed by atoms with Gasteiger partial charge in [-0.25, -0.2) is 0 Å². The Bertz CT molecular complexity index is 356. The second kappa shape index (κ2) is 4.13. The lowest BCUT2D eigenvalue weighted by Gasteiger charge is -2.13. The third kappa shape index (κ3) is 1.94. The van der Waals surface area contributed by atoms with Gasteiger partial charge in [0.1, 0.15) is 0 Å². The van der Waals surface area contributed by atoms with E-state index >= 15 is 0 Å². The van der Waals surface area contributed by atoms with Crippen molar-refractivity contribution in [3.8, 4) is 11.5 Å². The predicted octanol–water partition coefficient (Wildman–Crippen LogP) is 3.49. The zero-order chi connectivity index (χ0) is 10.8. The maximum absolute atomic E-state index is 5.40. The van der Waals surface area contributed by atoms with Crippen LogP contribution < -0.4 is 9.47 Å². The summed E-state index contributed by atoms with van der Waals surface area (Å²) in [5, 5.41) is 0. The van der Waals surface area contributed by atoms with Gasteiger partial charge in [0.05, 0.1) is 0 Å². The van der Waals surface area contributed by atoms with Crippen molar-refractivity contribution in [2.24, 2.45) is 0 Å². The lowest BCUT2D eigenvalue weighted by molar-refractivity contribution is 0.174.